The summed E-state index contributed by atoms with van der Waals surface area (Å²) >= 11 is 0. The molecule has 0 radical (unpaired) electrons. The van der Waals surface area contributed by atoms with Crippen molar-refractivity contribution in [2.45, 2.75) is 90.2 Å². The van der Waals surface area contributed by atoms with Crippen LogP contribution in [-0.2, 0) is 4.74 Å². The van der Waals surface area contributed by atoms with Crippen molar-refractivity contribution in [1.82, 2.24) is 10.2 Å². The molecular weight excluding hydrogens is 288 g/mol. The molecule has 0 aromatic heterocycles. The van der Waals surface area contributed by atoms with E-state index in [0.29, 0.717) is 6.04 Å². The third-order valence-electron chi connectivity index (χ3n) is 5.05. The van der Waals surface area contributed by atoms with E-state index < -0.39 is 5.60 Å². The van der Waals surface area contributed by atoms with Crippen molar-refractivity contribution in [3.05, 3.63) is 0 Å². The van der Waals surface area contributed by atoms with Gasteiger partial charge in [-0.25, -0.2) is 4.79 Å². The molecule has 1 unspecified atom stereocenters. The molecule has 0 aromatic rings. The molecule has 2 fully saturated rings. The SMILES string of the molecule is CC(C)(C)OC(=O)N1CCCC(NCC2CCCCCC2)CC1. The number of carbonyl (C=O) groups is 1. The molecule has 1 aliphatic heterocycles. The van der Waals surface area contributed by atoms with Gasteiger partial charge in [0.1, 0.15) is 5.60 Å². The van der Waals surface area contributed by atoms with Gasteiger partial charge in [-0.15, -0.1) is 0 Å². The van der Waals surface area contributed by atoms with Crippen molar-refractivity contribution in [3.8, 4) is 0 Å². The van der Waals surface area contributed by atoms with Crippen molar-refractivity contribution in [3.63, 3.8) is 0 Å². The van der Waals surface area contributed by atoms with Crippen molar-refractivity contribution < 1.29 is 9.53 Å². The van der Waals surface area contributed by atoms with E-state index in [0.717, 1.165) is 38.4 Å². The smallest absolute Gasteiger partial charge is 0.410 e. The van der Waals surface area contributed by atoms with Gasteiger partial charge in [-0.05, 0) is 65.3 Å². The molecule has 1 heterocycles. The number of amides is 1. The van der Waals surface area contributed by atoms with Crippen LogP contribution >= 0.6 is 0 Å². The first kappa shape index (κ1) is 18.6. The summed E-state index contributed by atoms with van der Waals surface area (Å²) in [7, 11) is 0. The van der Waals surface area contributed by atoms with Crippen molar-refractivity contribution in [2.75, 3.05) is 19.6 Å². The zero-order valence-electron chi connectivity index (χ0n) is 15.4. The average molecular weight is 325 g/mol. The second-order valence-corrected chi connectivity index (χ2v) is 8.36. The van der Waals surface area contributed by atoms with Gasteiger partial charge in [-0.3, -0.25) is 0 Å². The summed E-state index contributed by atoms with van der Waals surface area (Å²) in [5.74, 6) is 0.864. The minimum atomic E-state index is -0.402. The summed E-state index contributed by atoms with van der Waals surface area (Å²) in [5, 5.41) is 3.79. The van der Waals surface area contributed by atoms with Crippen LogP contribution in [0.25, 0.3) is 0 Å². The van der Waals surface area contributed by atoms with Crippen LogP contribution in [0, 0.1) is 5.92 Å². The number of hydrogen-bond donors (Lipinski definition) is 1. The number of ether oxygens (including phenoxy) is 1. The maximum absolute atomic E-state index is 12.2. The summed E-state index contributed by atoms with van der Waals surface area (Å²) in [6, 6.07) is 0.561. The summed E-state index contributed by atoms with van der Waals surface area (Å²) in [6.07, 6.45) is 11.6. The van der Waals surface area contributed by atoms with Crippen LogP contribution in [0.15, 0.2) is 0 Å². The van der Waals surface area contributed by atoms with Gasteiger partial charge in [0.15, 0.2) is 0 Å². The minimum absolute atomic E-state index is 0.151. The maximum Gasteiger partial charge on any atom is 0.410 e. The van der Waals surface area contributed by atoms with Crippen LogP contribution < -0.4 is 5.32 Å². The second-order valence-electron chi connectivity index (χ2n) is 8.36. The Morgan fingerprint density at radius 3 is 2.35 bits per heavy atom. The quantitative estimate of drug-likeness (QED) is 0.785. The Bertz CT molecular complexity index is 357. The molecule has 0 bridgehead atoms. The topological polar surface area (TPSA) is 41.6 Å². The molecular formula is C19H36N2O2. The zero-order chi connectivity index (χ0) is 16.7. The highest BCUT2D eigenvalue weighted by atomic mass is 16.6. The summed E-state index contributed by atoms with van der Waals surface area (Å²) in [6.45, 7) is 8.60. The highest BCUT2D eigenvalue weighted by molar-refractivity contribution is 5.68. The van der Waals surface area contributed by atoms with Crippen LogP contribution in [0.5, 0.6) is 0 Å². The number of carbonyl (C=O) groups excluding carboxylic acids is 1. The fraction of sp³-hybridized carbons (Fsp3) is 0.947. The standard InChI is InChI=1S/C19H36N2O2/c1-19(2,3)23-18(22)21-13-8-11-17(12-14-21)20-15-16-9-6-4-5-7-10-16/h16-17,20H,4-15H2,1-3H3. The van der Waals surface area contributed by atoms with Crippen LogP contribution in [0.2, 0.25) is 0 Å². The van der Waals surface area contributed by atoms with Crippen molar-refractivity contribution in [2.24, 2.45) is 5.92 Å². The highest BCUT2D eigenvalue weighted by Crippen LogP contribution is 2.23. The number of likely N-dealkylation sites (tertiary alicyclic amines) is 1. The van der Waals surface area contributed by atoms with E-state index in [9.17, 15) is 4.79 Å². The lowest BCUT2D eigenvalue weighted by Gasteiger charge is -2.26. The molecule has 2 aliphatic rings. The van der Waals surface area contributed by atoms with Crippen LogP contribution in [0.3, 0.4) is 0 Å². The first-order valence-electron chi connectivity index (χ1n) is 9.65. The third kappa shape index (κ3) is 7.11. The normalized spacial score (nSPS) is 24.8. The lowest BCUT2D eigenvalue weighted by atomic mass is 9.99. The molecule has 0 aromatic carbocycles. The largest absolute Gasteiger partial charge is 0.444 e. The van der Waals surface area contributed by atoms with E-state index >= 15 is 0 Å². The Kier molecular flexibility index (Phi) is 7.19. The molecule has 0 spiro atoms. The maximum atomic E-state index is 12.2. The van der Waals surface area contributed by atoms with Gasteiger partial charge in [0.05, 0.1) is 0 Å². The first-order chi connectivity index (χ1) is 10.9. The van der Waals surface area contributed by atoms with Gasteiger partial charge in [-0.2, -0.15) is 0 Å². The number of nitrogens with zero attached hydrogens (tertiary/aromatic N) is 1. The lowest BCUT2D eigenvalue weighted by Crippen LogP contribution is -2.38. The fourth-order valence-corrected chi connectivity index (χ4v) is 3.71. The van der Waals surface area contributed by atoms with Gasteiger partial charge >= 0.3 is 6.09 Å². The first-order valence-corrected chi connectivity index (χ1v) is 9.65. The van der Waals surface area contributed by atoms with E-state index in [4.69, 9.17) is 4.74 Å². The Hall–Kier alpha value is -0.770. The molecule has 1 saturated heterocycles. The van der Waals surface area contributed by atoms with E-state index in [2.05, 4.69) is 5.32 Å². The predicted molar refractivity (Wildman–Crippen MR) is 94.6 cm³/mol. The highest BCUT2D eigenvalue weighted by Gasteiger charge is 2.25. The molecule has 1 amide bonds. The Morgan fingerprint density at radius 1 is 1.00 bits per heavy atom. The Balaban J connectivity index is 1.71. The third-order valence-corrected chi connectivity index (χ3v) is 5.05. The molecule has 1 saturated carbocycles. The molecule has 1 atom stereocenters. The Labute approximate surface area is 142 Å². The second kappa shape index (κ2) is 8.91. The van der Waals surface area contributed by atoms with Crippen molar-refractivity contribution >= 4 is 6.09 Å². The van der Waals surface area contributed by atoms with Gasteiger partial charge in [0.25, 0.3) is 0 Å². The van der Waals surface area contributed by atoms with E-state index in [1.54, 1.807) is 0 Å². The molecule has 134 valence electrons. The number of nitrogens with one attached hydrogen (secondary N) is 1. The zero-order valence-corrected chi connectivity index (χ0v) is 15.4. The molecule has 1 aliphatic carbocycles. The van der Waals surface area contributed by atoms with E-state index in [1.165, 1.54) is 44.9 Å². The van der Waals surface area contributed by atoms with Crippen LogP contribution in [0.1, 0.15) is 78.6 Å². The van der Waals surface area contributed by atoms with E-state index in [-0.39, 0.29) is 6.09 Å². The van der Waals surface area contributed by atoms with Gasteiger partial charge in [0.2, 0.25) is 0 Å². The molecule has 4 heteroatoms. The number of rotatable bonds is 3. The Morgan fingerprint density at radius 2 is 1.70 bits per heavy atom. The van der Waals surface area contributed by atoms with Crippen LogP contribution in [0.4, 0.5) is 4.79 Å². The van der Waals surface area contributed by atoms with Gasteiger partial charge in [0, 0.05) is 19.1 Å². The monoisotopic (exact) mass is 324 g/mol. The molecule has 23 heavy (non-hydrogen) atoms. The minimum Gasteiger partial charge on any atom is -0.444 e. The van der Waals surface area contributed by atoms with E-state index in [1.807, 2.05) is 25.7 Å². The van der Waals surface area contributed by atoms with Crippen LogP contribution in [-0.4, -0.2) is 42.3 Å². The van der Waals surface area contributed by atoms with Gasteiger partial charge < -0.3 is 15.0 Å². The molecule has 4 nitrogen and oxygen atoms in total. The number of hydrogen-bond acceptors (Lipinski definition) is 3. The summed E-state index contributed by atoms with van der Waals surface area (Å²) in [5.41, 5.74) is -0.402. The predicted octanol–water partition coefficient (Wildman–Crippen LogP) is 4.34. The molecule has 2 rings (SSSR count). The van der Waals surface area contributed by atoms with Crippen molar-refractivity contribution in [1.29, 1.82) is 0 Å². The lowest BCUT2D eigenvalue weighted by molar-refractivity contribution is 0.0256. The fourth-order valence-electron chi connectivity index (χ4n) is 3.71. The molecule has 1 N–H and O–H groups in total. The average Bonchev–Trinajstić information content (AvgIpc) is 2.86. The summed E-state index contributed by atoms with van der Waals surface area (Å²) < 4.78 is 5.50. The summed E-state index contributed by atoms with van der Waals surface area (Å²) in [4.78, 5) is 14.1. The van der Waals surface area contributed by atoms with Gasteiger partial charge in [-0.1, -0.05) is 25.7 Å².